The Bertz CT molecular complexity index is 654. The molecule has 112 valence electrons. The van der Waals surface area contributed by atoms with Gasteiger partial charge < -0.3 is 5.32 Å². The summed E-state index contributed by atoms with van der Waals surface area (Å²) in [6, 6.07) is 0. The average Bonchev–Trinajstić information content (AvgIpc) is 2.83. The average molecular weight is 292 g/mol. The van der Waals surface area contributed by atoms with Crippen molar-refractivity contribution in [2.24, 2.45) is 5.84 Å². The summed E-state index contributed by atoms with van der Waals surface area (Å²) >= 11 is 0. The maximum Gasteiger partial charge on any atom is 0.332 e. The van der Waals surface area contributed by atoms with Crippen molar-refractivity contribution in [1.29, 1.82) is 0 Å². The molecular formula is C11H16N8O2. The third-order valence-electron chi connectivity index (χ3n) is 2.77. The van der Waals surface area contributed by atoms with Crippen molar-refractivity contribution in [3.05, 3.63) is 33.8 Å². The number of hydrogen-bond acceptors (Lipinski definition) is 8. The maximum absolute atomic E-state index is 11.1. The molecule has 0 radical (unpaired) electrons. The SMILES string of the molecule is Cc1cnn(CCNc2nc(NN)nc(C)c2[N+](=O)[O-])c1. The number of nitrogens with two attached hydrogens (primary N) is 1. The van der Waals surface area contributed by atoms with Gasteiger partial charge in [-0.25, -0.2) is 10.8 Å². The third kappa shape index (κ3) is 3.42. The van der Waals surface area contributed by atoms with E-state index in [4.69, 9.17) is 5.84 Å². The molecule has 2 rings (SSSR count). The van der Waals surface area contributed by atoms with Crippen molar-refractivity contribution in [3.63, 3.8) is 0 Å². The zero-order valence-corrected chi connectivity index (χ0v) is 11.7. The van der Waals surface area contributed by atoms with E-state index in [1.165, 1.54) is 6.92 Å². The van der Waals surface area contributed by atoms with Crippen LogP contribution in [-0.2, 0) is 6.54 Å². The number of aromatic nitrogens is 4. The van der Waals surface area contributed by atoms with E-state index in [2.05, 4.69) is 25.8 Å². The molecule has 4 N–H and O–H groups in total. The fourth-order valence-electron chi connectivity index (χ4n) is 1.85. The molecule has 21 heavy (non-hydrogen) atoms. The summed E-state index contributed by atoms with van der Waals surface area (Å²) in [5.74, 6) is 5.50. The van der Waals surface area contributed by atoms with Gasteiger partial charge in [0.25, 0.3) is 0 Å². The lowest BCUT2D eigenvalue weighted by Crippen LogP contribution is -2.17. The molecule has 0 aromatic carbocycles. The molecule has 0 bridgehead atoms. The smallest absolute Gasteiger partial charge is 0.332 e. The molecule has 0 aliphatic heterocycles. The molecule has 2 aromatic rings. The summed E-state index contributed by atoms with van der Waals surface area (Å²) in [6.07, 6.45) is 3.63. The van der Waals surface area contributed by atoms with Gasteiger partial charge in [-0.3, -0.25) is 20.2 Å². The van der Waals surface area contributed by atoms with Crippen LogP contribution >= 0.6 is 0 Å². The molecule has 2 aromatic heterocycles. The van der Waals surface area contributed by atoms with Gasteiger partial charge in [-0.15, -0.1) is 0 Å². The molecule has 10 heteroatoms. The molecule has 0 saturated carbocycles. The maximum atomic E-state index is 11.1. The zero-order valence-electron chi connectivity index (χ0n) is 11.7. The van der Waals surface area contributed by atoms with Crippen molar-refractivity contribution >= 4 is 17.5 Å². The molecule has 2 heterocycles. The first kappa shape index (κ1) is 14.7. The van der Waals surface area contributed by atoms with Gasteiger partial charge in [0.1, 0.15) is 5.69 Å². The Morgan fingerprint density at radius 1 is 1.43 bits per heavy atom. The fourth-order valence-corrected chi connectivity index (χ4v) is 1.85. The largest absolute Gasteiger partial charge is 0.362 e. The Morgan fingerprint density at radius 3 is 2.76 bits per heavy atom. The van der Waals surface area contributed by atoms with E-state index in [0.29, 0.717) is 13.1 Å². The predicted molar refractivity (Wildman–Crippen MR) is 76.7 cm³/mol. The third-order valence-corrected chi connectivity index (χ3v) is 2.77. The van der Waals surface area contributed by atoms with Gasteiger partial charge >= 0.3 is 5.69 Å². The van der Waals surface area contributed by atoms with E-state index in [1.807, 2.05) is 13.1 Å². The number of hydrazine groups is 1. The Labute approximate surface area is 120 Å². The number of rotatable bonds is 6. The molecule has 0 aliphatic rings. The van der Waals surface area contributed by atoms with Gasteiger partial charge in [-0.1, -0.05) is 0 Å². The molecular weight excluding hydrogens is 276 g/mol. The second kappa shape index (κ2) is 6.13. The van der Waals surface area contributed by atoms with E-state index in [-0.39, 0.29) is 23.1 Å². The molecule has 0 atom stereocenters. The van der Waals surface area contributed by atoms with Crippen molar-refractivity contribution in [1.82, 2.24) is 19.7 Å². The summed E-state index contributed by atoms with van der Waals surface area (Å²) in [6.45, 7) is 4.46. The number of nitrogens with one attached hydrogen (secondary N) is 2. The minimum absolute atomic E-state index is 0.121. The monoisotopic (exact) mass is 292 g/mol. The molecule has 0 spiro atoms. The standard InChI is InChI=1S/C11H16N8O2/c1-7-5-14-18(6-7)4-3-13-10-9(19(20)21)8(2)15-11(16-10)17-12/h5-6H,3-4,12H2,1-2H3,(H2,13,15,16,17). The Balaban J connectivity index is 2.14. The van der Waals surface area contributed by atoms with Crippen LogP contribution in [0.25, 0.3) is 0 Å². The molecule has 10 nitrogen and oxygen atoms in total. The summed E-state index contributed by atoms with van der Waals surface area (Å²) in [4.78, 5) is 18.5. The van der Waals surface area contributed by atoms with E-state index < -0.39 is 4.92 Å². The highest BCUT2D eigenvalue weighted by Gasteiger charge is 2.21. The first-order valence-electron chi connectivity index (χ1n) is 6.24. The van der Waals surface area contributed by atoms with Crippen molar-refractivity contribution in [2.45, 2.75) is 20.4 Å². The molecule has 0 aliphatic carbocycles. The fraction of sp³-hybridized carbons (Fsp3) is 0.364. The first-order valence-corrected chi connectivity index (χ1v) is 6.24. The summed E-state index contributed by atoms with van der Waals surface area (Å²) in [5.41, 5.74) is 3.41. The molecule has 0 fully saturated rings. The van der Waals surface area contributed by atoms with E-state index >= 15 is 0 Å². The topological polar surface area (TPSA) is 137 Å². The van der Waals surface area contributed by atoms with Gasteiger partial charge in [-0.2, -0.15) is 10.1 Å². The lowest BCUT2D eigenvalue weighted by Gasteiger charge is -2.09. The lowest BCUT2D eigenvalue weighted by atomic mass is 10.3. The van der Waals surface area contributed by atoms with Crippen LogP contribution in [-0.4, -0.2) is 31.2 Å². The van der Waals surface area contributed by atoms with Crippen LogP contribution in [0.3, 0.4) is 0 Å². The highest BCUT2D eigenvalue weighted by atomic mass is 16.6. The number of nitrogen functional groups attached to an aromatic ring is 1. The molecule has 0 unspecified atom stereocenters. The van der Waals surface area contributed by atoms with E-state index in [1.54, 1.807) is 10.9 Å². The van der Waals surface area contributed by atoms with Gasteiger partial charge in [0.2, 0.25) is 11.8 Å². The van der Waals surface area contributed by atoms with Gasteiger partial charge in [0, 0.05) is 12.7 Å². The normalized spacial score (nSPS) is 10.4. The number of aryl methyl sites for hydroxylation is 2. The van der Waals surface area contributed by atoms with Crippen LogP contribution in [0.5, 0.6) is 0 Å². The Morgan fingerprint density at radius 2 is 2.19 bits per heavy atom. The van der Waals surface area contributed by atoms with Crippen LogP contribution in [0.2, 0.25) is 0 Å². The number of hydrogen-bond donors (Lipinski definition) is 3. The quantitative estimate of drug-likeness (QED) is 0.400. The highest BCUT2D eigenvalue weighted by Crippen LogP contribution is 2.25. The van der Waals surface area contributed by atoms with Crippen LogP contribution in [0.4, 0.5) is 17.5 Å². The number of nitro groups is 1. The number of nitrogens with zero attached hydrogens (tertiary/aromatic N) is 5. The van der Waals surface area contributed by atoms with Gasteiger partial charge in [0.15, 0.2) is 0 Å². The second-order valence-electron chi connectivity index (χ2n) is 4.44. The molecule has 0 amide bonds. The summed E-state index contributed by atoms with van der Waals surface area (Å²) in [7, 11) is 0. The highest BCUT2D eigenvalue weighted by molar-refractivity contribution is 5.60. The predicted octanol–water partition coefficient (Wildman–Crippen LogP) is 0.596. The Kier molecular flexibility index (Phi) is 4.28. The van der Waals surface area contributed by atoms with E-state index in [0.717, 1.165) is 5.56 Å². The zero-order chi connectivity index (χ0) is 15.4. The van der Waals surface area contributed by atoms with Crippen LogP contribution in [0.15, 0.2) is 12.4 Å². The van der Waals surface area contributed by atoms with Crippen LogP contribution in [0, 0.1) is 24.0 Å². The van der Waals surface area contributed by atoms with Gasteiger partial charge in [0.05, 0.1) is 17.7 Å². The summed E-state index contributed by atoms with van der Waals surface area (Å²) < 4.78 is 1.74. The van der Waals surface area contributed by atoms with Crippen molar-refractivity contribution in [2.75, 3.05) is 17.3 Å². The van der Waals surface area contributed by atoms with Crippen molar-refractivity contribution in [3.8, 4) is 0 Å². The minimum atomic E-state index is -0.518. The van der Waals surface area contributed by atoms with Crippen LogP contribution in [0.1, 0.15) is 11.3 Å². The lowest BCUT2D eigenvalue weighted by molar-refractivity contribution is -0.385. The summed E-state index contributed by atoms with van der Waals surface area (Å²) in [5, 5.41) is 18.1. The minimum Gasteiger partial charge on any atom is -0.362 e. The first-order chi connectivity index (χ1) is 10.0. The van der Waals surface area contributed by atoms with E-state index in [9.17, 15) is 10.1 Å². The van der Waals surface area contributed by atoms with Crippen LogP contribution < -0.4 is 16.6 Å². The second-order valence-corrected chi connectivity index (χ2v) is 4.44. The van der Waals surface area contributed by atoms with Gasteiger partial charge in [-0.05, 0) is 19.4 Å². The number of anilines is 2. The molecule has 0 saturated heterocycles. The Hall–Kier alpha value is -2.75. The van der Waals surface area contributed by atoms with Crippen molar-refractivity contribution < 1.29 is 4.92 Å².